The van der Waals surface area contributed by atoms with E-state index in [4.69, 9.17) is 9.47 Å². The van der Waals surface area contributed by atoms with E-state index in [9.17, 15) is 5.26 Å². The SMILES string of the molecule is COc1ccc(-c2c(C#N)n(CCN(C)C)c3cc(C)c(OC)cc23)cc1. The first kappa shape index (κ1) is 18.8. The lowest BCUT2D eigenvalue weighted by Crippen LogP contribution is -2.19. The summed E-state index contributed by atoms with van der Waals surface area (Å²) in [5.74, 6) is 1.62. The molecule has 1 aromatic heterocycles. The number of methoxy groups -OCH3 is 2. The number of nitriles is 1. The molecule has 0 bridgehead atoms. The van der Waals surface area contributed by atoms with Gasteiger partial charge in [0.15, 0.2) is 0 Å². The van der Waals surface area contributed by atoms with Crippen molar-refractivity contribution in [2.75, 3.05) is 34.9 Å². The lowest BCUT2D eigenvalue weighted by molar-refractivity contribution is 0.386. The van der Waals surface area contributed by atoms with Crippen LogP contribution in [0.5, 0.6) is 11.5 Å². The van der Waals surface area contributed by atoms with Crippen molar-refractivity contribution in [2.24, 2.45) is 0 Å². The van der Waals surface area contributed by atoms with Gasteiger partial charge in [-0.1, -0.05) is 12.1 Å². The van der Waals surface area contributed by atoms with Gasteiger partial charge in [0.1, 0.15) is 23.3 Å². The Bertz CT molecular complexity index is 995. The molecule has 2 aromatic carbocycles. The van der Waals surface area contributed by atoms with E-state index in [1.807, 2.05) is 51.4 Å². The van der Waals surface area contributed by atoms with E-state index in [1.165, 1.54) is 0 Å². The van der Waals surface area contributed by atoms with Crippen molar-refractivity contribution < 1.29 is 9.47 Å². The van der Waals surface area contributed by atoms with Crippen molar-refractivity contribution in [1.82, 2.24) is 9.47 Å². The average molecular weight is 363 g/mol. The molecule has 140 valence electrons. The Hall–Kier alpha value is -2.97. The minimum absolute atomic E-state index is 0.671. The maximum absolute atomic E-state index is 9.98. The van der Waals surface area contributed by atoms with E-state index in [0.29, 0.717) is 5.69 Å². The molecule has 0 saturated heterocycles. The average Bonchev–Trinajstić information content (AvgIpc) is 2.97. The van der Waals surface area contributed by atoms with E-state index in [2.05, 4.69) is 21.6 Å². The molecule has 3 rings (SSSR count). The van der Waals surface area contributed by atoms with Crippen molar-refractivity contribution in [2.45, 2.75) is 13.5 Å². The van der Waals surface area contributed by atoms with Gasteiger partial charge in [-0.15, -0.1) is 0 Å². The maximum Gasteiger partial charge on any atom is 0.129 e. The Morgan fingerprint density at radius 1 is 1.07 bits per heavy atom. The molecule has 1 heterocycles. The molecule has 5 heteroatoms. The largest absolute Gasteiger partial charge is 0.497 e. The number of benzene rings is 2. The molecule has 3 aromatic rings. The molecule has 0 spiro atoms. The molecule has 0 saturated carbocycles. The number of likely N-dealkylation sites (N-methyl/N-ethyl adjacent to an activating group) is 1. The van der Waals surface area contributed by atoms with Gasteiger partial charge in [0.25, 0.3) is 0 Å². The zero-order valence-electron chi connectivity index (χ0n) is 16.5. The van der Waals surface area contributed by atoms with Crippen LogP contribution in [0, 0.1) is 18.3 Å². The molecule has 27 heavy (non-hydrogen) atoms. The van der Waals surface area contributed by atoms with Crippen LogP contribution in [-0.2, 0) is 6.54 Å². The lowest BCUT2D eigenvalue weighted by atomic mass is 10.0. The summed E-state index contributed by atoms with van der Waals surface area (Å²) in [6.45, 7) is 3.63. The third-order valence-corrected chi connectivity index (χ3v) is 4.84. The molecule has 0 N–H and O–H groups in total. The number of aryl methyl sites for hydroxylation is 1. The van der Waals surface area contributed by atoms with Crippen LogP contribution in [-0.4, -0.2) is 44.3 Å². The topological polar surface area (TPSA) is 50.4 Å². The highest BCUT2D eigenvalue weighted by Gasteiger charge is 2.20. The second-order valence-corrected chi connectivity index (χ2v) is 6.86. The molecule has 0 aliphatic rings. The first-order valence-electron chi connectivity index (χ1n) is 8.90. The van der Waals surface area contributed by atoms with Gasteiger partial charge in [-0.2, -0.15) is 5.26 Å². The Balaban J connectivity index is 2.30. The van der Waals surface area contributed by atoms with Crippen LogP contribution in [0.25, 0.3) is 22.0 Å². The summed E-state index contributed by atoms with van der Waals surface area (Å²) in [6, 6.07) is 14.4. The Morgan fingerprint density at radius 2 is 1.78 bits per heavy atom. The summed E-state index contributed by atoms with van der Waals surface area (Å²) < 4.78 is 12.9. The van der Waals surface area contributed by atoms with E-state index < -0.39 is 0 Å². The summed E-state index contributed by atoms with van der Waals surface area (Å²) in [5, 5.41) is 11.0. The lowest BCUT2D eigenvalue weighted by Gasteiger charge is -2.13. The number of rotatable bonds is 6. The van der Waals surface area contributed by atoms with Gasteiger partial charge in [-0.25, -0.2) is 0 Å². The molecular formula is C22H25N3O2. The fourth-order valence-electron chi connectivity index (χ4n) is 3.40. The fourth-order valence-corrected chi connectivity index (χ4v) is 3.40. The Kier molecular flexibility index (Phi) is 5.38. The predicted octanol–water partition coefficient (Wildman–Crippen LogP) is 4.07. The summed E-state index contributed by atoms with van der Waals surface area (Å²) >= 11 is 0. The zero-order valence-corrected chi connectivity index (χ0v) is 16.5. The van der Waals surface area contributed by atoms with E-state index in [-0.39, 0.29) is 0 Å². The summed E-state index contributed by atoms with van der Waals surface area (Å²) in [5.41, 5.74) is 4.71. The molecular weight excluding hydrogens is 338 g/mol. The first-order chi connectivity index (χ1) is 13.0. The number of ether oxygens (including phenoxy) is 2. The highest BCUT2D eigenvalue weighted by atomic mass is 16.5. The molecule has 0 aliphatic carbocycles. The number of nitrogens with zero attached hydrogens (tertiary/aromatic N) is 3. The van der Waals surface area contributed by atoms with E-state index >= 15 is 0 Å². The van der Waals surface area contributed by atoms with E-state index in [1.54, 1.807) is 14.2 Å². The number of hydrogen-bond donors (Lipinski definition) is 0. The monoisotopic (exact) mass is 363 g/mol. The van der Waals surface area contributed by atoms with Crippen molar-refractivity contribution >= 4 is 10.9 Å². The van der Waals surface area contributed by atoms with Crippen LogP contribution in [0.3, 0.4) is 0 Å². The van der Waals surface area contributed by atoms with Crippen LogP contribution >= 0.6 is 0 Å². The Morgan fingerprint density at radius 3 is 2.33 bits per heavy atom. The molecule has 0 radical (unpaired) electrons. The van der Waals surface area contributed by atoms with Crippen molar-refractivity contribution in [3.05, 3.63) is 47.7 Å². The standard InChI is InChI=1S/C22H25N3O2/c1-15-12-19-18(13-21(15)27-5)22(16-6-8-17(26-4)9-7-16)20(14-23)25(19)11-10-24(2)3/h6-9,12-13H,10-11H2,1-5H3. The minimum Gasteiger partial charge on any atom is -0.497 e. The van der Waals surface area contributed by atoms with Gasteiger partial charge in [-0.05, 0) is 56.4 Å². The second-order valence-electron chi connectivity index (χ2n) is 6.86. The van der Waals surface area contributed by atoms with Crippen LogP contribution in [0.2, 0.25) is 0 Å². The van der Waals surface area contributed by atoms with Crippen LogP contribution in [0.1, 0.15) is 11.3 Å². The zero-order chi connectivity index (χ0) is 19.6. The molecule has 0 unspecified atom stereocenters. The number of fused-ring (bicyclic) bond motifs is 1. The fraction of sp³-hybridized carbons (Fsp3) is 0.318. The van der Waals surface area contributed by atoms with Crippen molar-refractivity contribution in [3.8, 4) is 28.7 Å². The highest BCUT2D eigenvalue weighted by molar-refractivity contribution is 6.00. The Labute approximate surface area is 160 Å². The summed E-state index contributed by atoms with van der Waals surface area (Å²) in [7, 11) is 7.40. The number of aromatic nitrogens is 1. The van der Waals surface area contributed by atoms with Crippen LogP contribution in [0.15, 0.2) is 36.4 Å². The van der Waals surface area contributed by atoms with Gasteiger partial charge in [0.2, 0.25) is 0 Å². The predicted molar refractivity (Wildman–Crippen MR) is 108 cm³/mol. The van der Waals surface area contributed by atoms with Gasteiger partial charge in [-0.3, -0.25) is 0 Å². The third kappa shape index (κ3) is 3.49. The minimum atomic E-state index is 0.671. The second kappa shape index (κ2) is 7.73. The quantitative estimate of drug-likeness (QED) is 0.662. The van der Waals surface area contributed by atoms with Gasteiger partial charge in [0.05, 0.1) is 19.7 Å². The van der Waals surface area contributed by atoms with E-state index in [0.717, 1.165) is 52.2 Å². The summed E-state index contributed by atoms with van der Waals surface area (Å²) in [4.78, 5) is 2.12. The molecule has 0 amide bonds. The third-order valence-electron chi connectivity index (χ3n) is 4.84. The normalized spacial score (nSPS) is 11.0. The van der Waals surface area contributed by atoms with Crippen LogP contribution < -0.4 is 9.47 Å². The summed E-state index contributed by atoms with van der Waals surface area (Å²) in [6.07, 6.45) is 0. The first-order valence-corrected chi connectivity index (χ1v) is 8.90. The maximum atomic E-state index is 9.98. The van der Waals surface area contributed by atoms with Crippen molar-refractivity contribution in [3.63, 3.8) is 0 Å². The van der Waals surface area contributed by atoms with Crippen LogP contribution in [0.4, 0.5) is 0 Å². The van der Waals surface area contributed by atoms with Gasteiger partial charge in [0, 0.05) is 24.0 Å². The molecule has 0 fully saturated rings. The molecule has 0 aliphatic heterocycles. The van der Waals surface area contributed by atoms with Crippen molar-refractivity contribution in [1.29, 1.82) is 5.26 Å². The smallest absolute Gasteiger partial charge is 0.129 e. The van der Waals surface area contributed by atoms with Gasteiger partial charge < -0.3 is 18.9 Å². The number of hydrogen-bond acceptors (Lipinski definition) is 4. The van der Waals surface area contributed by atoms with Gasteiger partial charge >= 0.3 is 0 Å². The molecule has 5 nitrogen and oxygen atoms in total. The highest BCUT2D eigenvalue weighted by Crippen LogP contribution is 2.38. The molecule has 0 atom stereocenters.